The summed E-state index contributed by atoms with van der Waals surface area (Å²) in [7, 11) is 0. The predicted octanol–water partition coefficient (Wildman–Crippen LogP) is 6.91. The number of hydrogen-bond acceptors (Lipinski definition) is 3. The summed E-state index contributed by atoms with van der Waals surface area (Å²) in [6.45, 7) is 4.13. The molecular formula is C31H34Br2N2O3. The number of ether oxygens (including phenoxy) is 1. The van der Waals surface area contributed by atoms with Crippen LogP contribution < -0.4 is 10.1 Å². The Morgan fingerprint density at radius 2 is 1.61 bits per heavy atom. The minimum Gasteiger partial charge on any atom is -0.484 e. The molecule has 0 spiro atoms. The molecule has 0 aliphatic heterocycles. The molecule has 1 aliphatic rings. The fourth-order valence-corrected chi connectivity index (χ4v) is 5.65. The van der Waals surface area contributed by atoms with Crippen LogP contribution >= 0.6 is 31.9 Å². The van der Waals surface area contributed by atoms with Gasteiger partial charge in [0.2, 0.25) is 5.91 Å². The second kappa shape index (κ2) is 13.4. The molecule has 1 N–H and O–H groups in total. The molecule has 2 amide bonds. The van der Waals surface area contributed by atoms with Crippen molar-refractivity contribution in [2.75, 3.05) is 6.61 Å². The minimum absolute atomic E-state index is 0.112. The number of halogens is 2. The fourth-order valence-electron chi connectivity index (χ4n) is 4.97. The largest absolute Gasteiger partial charge is 0.484 e. The first-order chi connectivity index (χ1) is 18.3. The molecule has 1 saturated carbocycles. The van der Waals surface area contributed by atoms with Crippen LogP contribution in [0.25, 0.3) is 0 Å². The van der Waals surface area contributed by atoms with E-state index in [1.165, 1.54) is 0 Å². The van der Waals surface area contributed by atoms with Gasteiger partial charge in [0.15, 0.2) is 6.61 Å². The summed E-state index contributed by atoms with van der Waals surface area (Å²) in [6, 6.07) is 21.1. The van der Waals surface area contributed by atoms with Crippen LogP contribution in [-0.4, -0.2) is 35.4 Å². The van der Waals surface area contributed by atoms with Gasteiger partial charge in [0, 0.05) is 28.0 Å². The van der Waals surface area contributed by atoms with Crippen molar-refractivity contribution >= 4 is 43.7 Å². The normalized spacial score (nSPS) is 14.2. The van der Waals surface area contributed by atoms with E-state index < -0.39 is 6.04 Å². The van der Waals surface area contributed by atoms with E-state index in [1.54, 1.807) is 4.90 Å². The quantitative estimate of drug-likeness (QED) is 0.262. The molecule has 0 unspecified atom stereocenters. The highest BCUT2D eigenvalue weighted by atomic mass is 79.9. The van der Waals surface area contributed by atoms with Crippen molar-refractivity contribution in [3.8, 4) is 5.75 Å². The van der Waals surface area contributed by atoms with E-state index in [1.807, 2.05) is 80.6 Å². The van der Waals surface area contributed by atoms with Crippen molar-refractivity contribution in [3.63, 3.8) is 0 Å². The van der Waals surface area contributed by atoms with Crippen molar-refractivity contribution in [3.05, 3.63) is 97.9 Å². The van der Waals surface area contributed by atoms with E-state index in [2.05, 4.69) is 37.2 Å². The Bertz CT molecular complexity index is 1240. The number of carbonyl (C=O) groups is 2. The highest BCUT2D eigenvalue weighted by molar-refractivity contribution is 9.10. The molecule has 1 fully saturated rings. The zero-order valence-corrected chi connectivity index (χ0v) is 25.1. The molecule has 1 aliphatic carbocycles. The Morgan fingerprint density at radius 1 is 0.947 bits per heavy atom. The summed E-state index contributed by atoms with van der Waals surface area (Å²) in [5.41, 5.74) is 4.02. The summed E-state index contributed by atoms with van der Waals surface area (Å²) < 4.78 is 7.94. The van der Waals surface area contributed by atoms with Crippen LogP contribution in [0.1, 0.15) is 47.9 Å². The number of nitrogens with one attached hydrogen (secondary N) is 1. The van der Waals surface area contributed by atoms with Gasteiger partial charge in [-0.05, 0) is 73.2 Å². The van der Waals surface area contributed by atoms with Gasteiger partial charge >= 0.3 is 0 Å². The van der Waals surface area contributed by atoms with Crippen LogP contribution in [-0.2, 0) is 22.6 Å². The first-order valence-electron chi connectivity index (χ1n) is 13.1. The summed E-state index contributed by atoms with van der Waals surface area (Å²) in [5, 5.41) is 3.24. The van der Waals surface area contributed by atoms with E-state index in [0.717, 1.165) is 56.9 Å². The Labute approximate surface area is 242 Å². The van der Waals surface area contributed by atoms with Gasteiger partial charge in [0.1, 0.15) is 11.8 Å². The lowest BCUT2D eigenvalue weighted by Gasteiger charge is -2.32. The van der Waals surface area contributed by atoms with Crippen LogP contribution in [0.2, 0.25) is 0 Å². The third-order valence-electron chi connectivity index (χ3n) is 6.99. The molecular weight excluding hydrogens is 608 g/mol. The Kier molecular flexibility index (Phi) is 10.0. The lowest BCUT2D eigenvalue weighted by Crippen LogP contribution is -2.53. The van der Waals surface area contributed by atoms with Crippen molar-refractivity contribution in [1.82, 2.24) is 10.2 Å². The first kappa shape index (κ1) is 28.4. The van der Waals surface area contributed by atoms with Crippen molar-refractivity contribution in [2.45, 2.75) is 64.6 Å². The van der Waals surface area contributed by atoms with E-state index >= 15 is 0 Å². The number of rotatable bonds is 10. The molecule has 38 heavy (non-hydrogen) atoms. The Balaban J connectivity index is 1.62. The lowest BCUT2D eigenvalue weighted by molar-refractivity contribution is -0.143. The van der Waals surface area contributed by atoms with Crippen LogP contribution in [0.5, 0.6) is 5.75 Å². The van der Waals surface area contributed by atoms with Crippen LogP contribution in [0.4, 0.5) is 0 Å². The molecule has 0 bridgehead atoms. The van der Waals surface area contributed by atoms with Crippen molar-refractivity contribution in [1.29, 1.82) is 0 Å². The average molecular weight is 642 g/mol. The van der Waals surface area contributed by atoms with Gasteiger partial charge in [-0.15, -0.1) is 0 Å². The topological polar surface area (TPSA) is 58.6 Å². The van der Waals surface area contributed by atoms with Gasteiger partial charge in [0.05, 0.1) is 0 Å². The molecule has 0 aromatic heterocycles. The van der Waals surface area contributed by atoms with Crippen LogP contribution in [0, 0.1) is 13.8 Å². The maximum absolute atomic E-state index is 13.8. The zero-order valence-electron chi connectivity index (χ0n) is 21.9. The van der Waals surface area contributed by atoms with Crippen molar-refractivity contribution in [2.24, 2.45) is 0 Å². The molecule has 7 heteroatoms. The average Bonchev–Trinajstić information content (AvgIpc) is 3.41. The van der Waals surface area contributed by atoms with Gasteiger partial charge in [-0.1, -0.05) is 87.2 Å². The summed E-state index contributed by atoms with van der Waals surface area (Å²) in [6.07, 6.45) is 4.63. The molecule has 3 aromatic carbocycles. The molecule has 4 rings (SSSR count). The maximum atomic E-state index is 13.8. The first-order valence-corrected chi connectivity index (χ1v) is 14.7. The number of benzene rings is 3. The number of aryl methyl sites for hydroxylation is 2. The van der Waals surface area contributed by atoms with Crippen molar-refractivity contribution < 1.29 is 14.3 Å². The molecule has 0 radical (unpaired) electrons. The molecule has 1 atom stereocenters. The third-order valence-corrected chi connectivity index (χ3v) is 8.73. The van der Waals surface area contributed by atoms with Gasteiger partial charge in [-0.2, -0.15) is 0 Å². The summed E-state index contributed by atoms with van der Waals surface area (Å²) >= 11 is 7.12. The number of nitrogens with zero attached hydrogens (tertiary/aromatic N) is 1. The van der Waals surface area contributed by atoms with E-state index in [9.17, 15) is 9.59 Å². The van der Waals surface area contributed by atoms with Gasteiger partial charge in [0.25, 0.3) is 5.91 Å². The molecule has 3 aromatic rings. The fraction of sp³-hybridized carbons (Fsp3) is 0.355. The van der Waals surface area contributed by atoms with Crippen LogP contribution in [0.3, 0.4) is 0 Å². The SMILES string of the molecule is Cc1cc(OCC(=O)N(Cc2cccc(Br)c2)[C@H](Cc2ccccc2)C(=O)NC2CCCC2)cc(C)c1Br. The molecule has 0 heterocycles. The highest BCUT2D eigenvalue weighted by Crippen LogP contribution is 2.27. The maximum Gasteiger partial charge on any atom is 0.261 e. The Hall–Kier alpha value is -2.64. The third kappa shape index (κ3) is 7.70. The van der Waals surface area contributed by atoms with E-state index in [-0.39, 0.29) is 24.5 Å². The lowest BCUT2D eigenvalue weighted by atomic mass is 10.0. The minimum atomic E-state index is -0.665. The molecule has 5 nitrogen and oxygen atoms in total. The smallest absolute Gasteiger partial charge is 0.261 e. The van der Waals surface area contributed by atoms with E-state index in [0.29, 0.717) is 18.7 Å². The van der Waals surface area contributed by atoms with Crippen LogP contribution in [0.15, 0.2) is 75.7 Å². The monoisotopic (exact) mass is 640 g/mol. The Morgan fingerprint density at radius 3 is 2.26 bits per heavy atom. The van der Waals surface area contributed by atoms with Gasteiger partial charge in [-0.25, -0.2) is 0 Å². The predicted molar refractivity (Wildman–Crippen MR) is 158 cm³/mol. The molecule has 200 valence electrons. The molecule has 0 saturated heterocycles. The number of amides is 2. The summed E-state index contributed by atoms with van der Waals surface area (Å²) in [4.78, 5) is 29.2. The second-order valence-electron chi connectivity index (χ2n) is 10.0. The summed E-state index contributed by atoms with van der Waals surface area (Å²) in [5.74, 6) is 0.291. The van der Waals surface area contributed by atoms with Gasteiger partial charge < -0.3 is 15.0 Å². The number of hydrogen-bond donors (Lipinski definition) is 1. The van der Waals surface area contributed by atoms with Gasteiger partial charge in [-0.3, -0.25) is 9.59 Å². The number of carbonyl (C=O) groups excluding carboxylic acids is 2. The van der Waals surface area contributed by atoms with E-state index in [4.69, 9.17) is 4.74 Å². The zero-order chi connectivity index (χ0) is 27.1. The second-order valence-corrected chi connectivity index (χ2v) is 11.7. The standard InChI is InChI=1S/C31H34Br2N2O3/c1-21-15-27(16-22(2)30(21)33)38-20-29(36)35(19-24-11-8-12-25(32)17-24)28(18-23-9-4-3-5-10-23)31(37)34-26-13-6-7-14-26/h3-5,8-12,15-17,26,28H,6-7,13-14,18-20H2,1-2H3,(H,34,37)/t28-/m1/s1. The highest BCUT2D eigenvalue weighted by Gasteiger charge is 2.32.